The Hall–Kier alpha value is -0.900. The molecule has 12 heavy (non-hydrogen) atoms. The molecule has 0 unspecified atom stereocenters. The lowest BCUT2D eigenvalue weighted by Gasteiger charge is -1.82. The fourth-order valence-corrected chi connectivity index (χ4v) is 1.93. The summed E-state index contributed by atoms with van der Waals surface area (Å²) < 4.78 is 1.88. The van der Waals surface area contributed by atoms with Crippen LogP contribution in [0.15, 0.2) is 6.20 Å². The molecular weight excluding hydrogens is 170 g/mol. The van der Waals surface area contributed by atoms with Crippen LogP contribution in [0.5, 0.6) is 0 Å². The van der Waals surface area contributed by atoms with Crippen molar-refractivity contribution < 1.29 is 0 Å². The topological polar surface area (TPSA) is 30.2 Å². The highest BCUT2D eigenvalue weighted by Crippen LogP contribution is 2.14. The zero-order valence-electron chi connectivity index (χ0n) is 7.24. The average molecular weight is 181 g/mol. The molecule has 2 aromatic heterocycles. The number of fused-ring (bicyclic) bond motifs is 1. The van der Waals surface area contributed by atoms with Gasteiger partial charge in [0.2, 0.25) is 4.96 Å². The highest BCUT2D eigenvalue weighted by molar-refractivity contribution is 7.16. The molecule has 0 bridgehead atoms. The predicted molar refractivity (Wildman–Crippen MR) is 49.6 cm³/mol. The third-order valence-electron chi connectivity index (χ3n) is 1.80. The normalized spacial score (nSPS) is 11.2. The van der Waals surface area contributed by atoms with Crippen molar-refractivity contribution in [3.8, 4) is 0 Å². The van der Waals surface area contributed by atoms with Crippen molar-refractivity contribution in [2.75, 3.05) is 0 Å². The van der Waals surface area contributed by atoms with Crippen LogP contribution in [0.1, 0.15) is 24.5 Å². The fourth-order valence-electron chi connectivity index (χ4n) is 1.10. The molecular formula is C8H11N3S. The molecule has 2 heterocycles. The maximum atomic E-state index is 4.42. The number of imidazole rings is 1. The summed E-state index contributed by atoms with van der Waals surface area (Å²) in [4.78, 5) is 5.44. The van der Waals surface area contributed by atoms with Gasteiger partial charge in [-0.3, -0.25) is 0 Å². The molecule has 0 spiro atoms. The molecule has 0 aliphatic carbocycles. The van der Waals surface area contributed by atoms with Crippen molar-refractivity contribution in [2.24, 2.45) is 0 Å². The van der Waals surface area contributed by atoms with E-state index in [-0.39, 0.29) is 0 Å². The van der Waals surface area contributed by atoms with Crippen LogP contribution in [0, 0.1) is 0 Å². The summed E-state index contributed by atoms with van der Waals surface area (Å²) in [6.45, 7) is 4.21. The smallest absolute Gasteiger partial charge is 0.212 e. The van der Waals surface area contributed by atoms with Gasteiger partial charge in [0, 0.05) is 0 Å². The third kappa shape index (κ3) is 1.12. The molecule has 0 radical (unpaired) electrons. The van der Waals surface area contributed by atoms with E-state index in [1.54, 1.807) is 11.3 Å². The minimum absolute atomic E-state index is 0.984. The van der Waals surface area contributed by atoms with Crippen LogP contribution < -0.4 is 0 Å². The summed E-state index contributed by atoms with van der Waals surface area (Å²) in [7, 11) is 0. The number of rotatable bonds is 2. The SMILES string of the molecule is CCc1cn2nc(CC)sc2n1. The summed E-state index contributed by atoms with van der Waals surface area (Å²) >= 11 is 1.67. The minimum Gasteiger partial charge on any atom is -0.223 e. The fraction of sp³-hybridized carbons (Fsp3) is 0.500. The monoisotopic (exact) mass is 181 g/mol. The van der Waals surface area contributed by atoms with Gasteiger partial charge >= 0.3 is 0 Å². The molecule has 0 aromatic carbocycles. The molecule has 0 amide bonds. The van der Waals surface area contributed by atoms with E-state index in [0.717, 1.165) is 28.5 Å². The lowest BCUT2D eigenvalue weighted by atomic mass is 10.4. The van der Waals surface area contributed by atoms with E-state index in [0.29, 0.717) is 0 Å². The number of hydrogen-bond acceptors (Lipinski definition) is 3. The minimum atomic E-state index is 0.984. The van der Waals surface area contributed by atoms with Gasteiger partial charge in [-0.25, -0.2) is 9.50 Å². The van der Waals surface area contributed by atoms with Crippen LogP contribution in [0.2, 0.25) is 0 Å². The van der Waals surface area contributed by atoms with Crippen molar-refractivity contribution >= 4 is 16.3 Å². The van der Waals surface area contributed by atoms with Gasteiger partial charge in [-0.1, -0.05) is 25.2 Å². The lowest BCUT2D eigenvalue weighted by Crippen LogP contribution is -1.83. The van der Waals surface area contributed by atoms with Gasteiger partial charge < -0.3 is 0 Å². The molecule has 0 fully saturated rings. The van der Waals surface area contributed by atoms with Gasteiger partial charge in [0.05, 0.1) is 11.9 Å². The Labute approximate surface area is 75.1 Å². The zero-order chi connectivity index (χ0) is 8.55. The van der Waals surface area contributed by atoms with E-state index >= 15 is 0 Å². The van der Waals surface area contributed by atoms with Crippen molar-refractivity contribution in [3.05, 3.63) is 16.9 Å². The first-order valence-electron chi connectivity index (χ1n) is 4.17. The highest BCUT2D eigenvalue weighted by Gasteiger charge is 2.04. The molecule has 64 valence electrons. The lowest BCUT2D eigenvalue weighted by molar-refractivity contribution is 0.905. The number of hydrogen-bond donors (Lipinski definition) is 0. The van der Waals surface area contributed by atoms with E-state index in [2.05, 4.69) is 23.9 Å². The van der Waals surface area contributed by atoms with E-state index in [9.17, 15) is 0 Å². The molecule has 0 aliphatic heterocycles. The molecule has 0 saturated heterocycles. The summed E-state index contributed by atoms with van der Waals surface area (Å²) in [5, 5.41) is 5.53. The Morgan fingerprint density at radius 2 is 2.25 bits per heavy atom. The van der Waals surface area contributed by atoms with Crippen LogP contribution in [-0.4, -0.2) is 14.6 Å². The molecule has 0 N–H and O–H groups in total. The summed E-state index contributed by atoms with van der Waals surface area (Å²) in [5.74, 6) is 0. The van der Waals surface area contributed by atoms with Crippen molar-refractivity contribution in [1.29, 1.82) is 0 Å². The Balaban J connectivity index is 2.52. The van der Waals surface area contributed by atoms with E-state index in [1.807, 2.05) is 10.7 Å². The number of aromatic nitrogens is 3. The molecule has 0 saturated carbocycles. The van der Waals surface area contributed by atoms with Crippen LogP contribution in [0.25, 0.3) is 4.96 Å². The standard InChI is InChI=1S/C8H11N3S/c1-3-6-5-11-8(9-6)12-7(4-2)10-11/h5H,3-4H2,1-2H3. The maximum absolute atomic E-state index is 4.42. The van der Waals surface area contributed by atoms with Crippen molar-refractivity contribution in [1.82, 2.24) is 14.6 Å². The van der Waals surface area contributed by atoms with Crippen LogP contribution >= 0.6 is 11.3 Å². The van der Waals surface area contributed by atoms with Gasteiger partial charge in [0.1, 0.15) is 5.01 Å². The Morgan fingerprint density at radius 3 is 2.83 bits per heavy atom. The maximum Gasteiger partial charge on any atom is 0.212 e. The Morgan fingerprint density at radius 1 is 1.42 bits per heavy atom. The van der Waals surface area contributed by atoms with Crippen LogP contribution in [0.3, 0.4) is 0 Å². The second-order valence-electron chi connectivity index (χ2n) is 2.66. The second-order valence-corrected chi connectivity index (χ2v) is 3.70. The molecule has 3 nitrogen and oxygen atoms in total. The molecule has 2 rings (SSSR count). The number of aryl methyl sites for hydroxylation is 2. The van der Waals surface area contributed by atoms with E-state index < -0.39 is 0 Å². The van der Waals surface area contributed by atoms with Gasteiger partial charge in [-0.2, -0.15) is 5.10 Å². The quantitative estimate of drug-likeness (QED) is 0.708. The first-order chi connectivity index (χ1) is 5.83. The van der Waals surface area contributed by atoms with Crippen LogP contribution in [-0.2, 0) is 12.8 Å². The summed E-state index contributed by atoms with van der Waals surface area (Å²) in [6, 6.07) is 0. The van der Waals surface area contributed by atoms with Crippen LogP contribution in [0.4, 0.5) is 0 Å². The Kier molecular flexibility index (Phi) is 1.84. The van der Waals surface area contributed by atoms with Crippen molar-refractivity contribution in [2.45, 2.75) is 26.7 Å². The van der Waals surface area contributed by atoms with E-state index in [4.69, 9.17) is 0 Å². The summed E-state index contributed by atoms with van der Waals surface area (Å²) in [5.41, 5.74) is 1.12. The highest BCUT2D eigenvalue weighted by atomic mass is 32.1. The molecule has 0 atom stereocenters. The molecule has 4 heteroatoms. The third-order valence-corrected chi connectivity index (χ3v) is 2.87. The Bertz CT molecular complexity index is 323. The molecule has 2 aromatic rings. The summed E-state index contributed by atoms with van der Waals surface area (Å²) in [6.07, 6.45) is 3.98. The van der Waals surface area contributed by atoms with Crippen molar-refractivity contribution in [3.63, 3.8) is 0 Å². The van der Waals surface area contributed by atoms with Gasteiger partial charge in [0.15, 0.2) is 0 Å². The first-order valence-corrected chi connectivity index (χ1v) is 4.99. The second kappa shape index (κ2) is 2.86. The largest absolute Gasteiger partial charge is 0.223 e. The average Bonchev–Trinajstić information content (AvgIpc) is 2.59. The van der Waals surface area contributed by atoms with E-state index in [1.165, 1.54) is 0 Å². The van der Waals surface area contributed by atoms with Gasteiger partial charge in [-0.05, 0) is 12.8 Å². The predicted octanol–water partition coefficient (Wildman–Crippen LogP) is 1.92. The zero-order valence-corrected chi connectivity index (χ0v) is 8.06. The molecule has 0 aliphatic rings. The first kappa shape index (κ1) is 7.73. The number of nitrogens with zero attached hydrogens (tertiary/aromatic N) is 3. The van der Waals surface area contributed by atoms with Gasteiger partial charge in [-0.15, -0.1) is 0 Å². The van der Waals surface area contributed by atoms with Gasteiger partial charge in [0.25, 0.3) is 0 Å².